The molecule has 1 fully saturated rings. The molecular weight excluding hydrogens is 180 g/mol. The molecule has 0 radical (unpaired) electrons. The van der Waals surface area contributed by atoms with Crippen molar-refractivity contribution in [3.05, 3.63) is 0 Å². The van der Waals surface area contributed by atoms with Crippen LogP contribution in [0.15, 0.2) is 0 Å². The van der Waals surface area contributed by atoms with Crippen molar-refractivity contribution >= 4 is 0 Å². The molecule has 0 N–H and O–H groups in total. The van der Waals surface area contributed by atoms with Crippen molar-refractivity contribution < 1.29 is 14.2 Å². The van der Waals surface area contributed by atoms with Gasteiger partial charge in [-0.15, -0.1) is 0 Å². The van der Waals surface area contributed by atoms with Crippen molar-refractivity contribution in [1.82, 2.24) is 0 Å². The Morgan fingerprint density at radius 1 is 1.07 bits per heavy atom. The van der Waals surface area contributed by atoms with Crippen molar-refractivity contribution in [2.45, 2.75) is 38.6 Å². The lowest BCUT2D eigenvalue weighted by atomic mass is 10.0. The molecule has 0 aromatic carbocycles. The van der Waals surface area contributed by atoms with Gasteiger partial charge in [0.25, 0.3) is 5.97 Å². The average molecular weight is 202 g/mol. The molecule has 0 aromatic heterocycles. The van der Waals surface area contributed by atoms with Gasteiger partial charge in [-0.3, -0.25) is 0 Å². The molecule has 0 aliphatic heterocycles. The van der Waals surface area contributed by atoms with Crippen LogP contribution in [0.4, 0.5) is 0 Å². The van der Waals surface area contributed by atoms with Gasteiger partial charge in [0.1, 0.15) is 0 Å². The third-order valence-corrected chi connectivity index (χ3v) is 3.47. The summed E-state index contributed by atoms with van der Waals surface area (Å²) >= 11 is 0. The van der Waals surface area contributed by atoms with Gasteiger partial charge in [0.2, 0.25) is 0 Å². The average Bonchev–Trinajstić information content (AvgIpc) is 2.71. The van der Waals surface area contributed by atoms with Crippen LogP contribution in [-0.2, 0) is 14.2 Å². The monoisotopic (exact) mass is 202 g/mol. The zero-order chi connectivity index (χ0) is 10.6. The van der Waals surface area contributed by atoms with Gasteiger partial charge >= 0.3 is 0 Å². The Balaban J connectivity index is 2.61. The molecule has 0 amide bonds. The number of rotatable bonds is 5. The zero-order valence-electron chi connectivity index (χ0n) is 9.71. The summed E-state index contributed by atoms with van der Waals surface area (Å²) in [5.74, 6) is 0.358. The molecule has 14 heavy (non-hydrogen) atoms. The lowest BCUT2D eigenvalue weighted by Gasteiger charge is -2.34. The maximum atomic E-state index is 5.37. The largest absolute Gasteiger partial charge is 0.331 e. The Bertz CT molecular complexity index is 158. The fraction of sp³-hybridized carbons (Fsp3) is 1.00. The van der Waals surface area contributed by atoms with Gasteiger partial charge in [-0.25, -0.2) is 0 Å². The number of methoxy groups -OCH3 is 3. The molecule has 3 nitrogen and oxygen atoms in total. The molecule has 84 valence electrons. The summed E-state index contributed by atoms with van der Waals surface area (Å²) in [7, 11) is 4.94. The summed E-state index contributed by atoms with van der Waals surface area (Å²) in [5.41, 5.74) is 0. The Labute approximate surface area is 86.7 Å². The molecule has 1 saturated carbocycles. The minimum absolute atomic E-state index is 0.368. The van der Waals surface area contributed by atoms with Crippen LogP contribution >= 0.6 is 0 Å². The number of hydrogen-bond acceptors (Lipinski definition) is 3. The molecule has 2 atom stereocenters. The van der Waals surface area contributed by atoms with E-state index in [9.17, 15) is 0 Å². The minimum Gasteiger partial charge on any atom is -0.331 e. The second kappa shape index (κ2) is 5.10. The summed E-state index contributed by atoms with van der Waals surface area (Å²) in [6, 6.07) is 0. The summed E-state index contributed by atoms with van der Waals surface area (Å²) < 4.78 is 16.1. The number of ether oxygens (including phenoxy) is 3. The van der Waals surface area contributed by atoms with E-state index in [1.165, 1.54) is 12.8 Å². The lowest BCUT2D eigenvalue weighted by molar-refractivity contribution is -0.378. The van der Waals surface area contributed by atoms with E-state index in [0.29, 0.717) is 5.92 Å². The minimum atomic E-state index is -0.816. The standard InChI is InChI=1S/C11H22O3/c1-5-9-6-7-10(8-9)11(12-2,13-3)14-4/h9-10H,5-8H2,1-4H3. The Morgan fingerprint density at radius 3 is 2.00 bits per heavy atom. The molecule has 1 aliphatic rings. The van der Waals surface area contributed by atoms with E-state index in [0.717, 1.165) is 18.8 Å². The Hall–Kier alpha value is -0.120. The van der Waals surface area contributed by atoms with Crippen LogP contribution in [0.1, 0.15) is 32.6 Å². The normalized spacial score (nSPS) is 28.3. The second-order valence-electron chi connectivity index (χ2n) is 4.00. The van der Waals surface area contributed by atoms with Gasteiger partial charge in [-0.05, 0) is 25.2 Å². The Morgan fingerprint density at radius 2 is 1.64 bits per heavy atom. The van der Waals surface area contributed by atoms with Crippen molar-refractivity contribution in [3.63, 3.8) is 0 Å². The van der Waals surface area contributed by atoms with Crippen LogP contribution < -0.4 is 0 Å². The van der Waals surface area contributed by atoms with Crippen LogP contribution in [-0.4, -0.2) is 27.3 Å². The highest BCUT2D eigenvalue weighted by Crippen LogP contribution is 2.41. The zero-order valence-corrected chi connectivity index (χ0v) is 9.71. The fourth-order valence-electron chi connectivity index (χ4n) is 2.52. The van der Waals surface area contributed by atoms with Gasteiger partial charge in [-0.1, -0.05) is 13.3 Å². The first kappa shape index (κ1) is 12.0. The van der Waals surface area contributed by atoms with E-state index in [4.69, 9.17) is 14.2 Å². The van der Waals surface area contributed by atoms with E-state index in [2.05, 4.69) is 6.92 Å². The van der Waals surface area contributed by atoms with Gasteiger partial charge in [0, 0.05) is 27.2 Å². The van der Waals surface area contributed by atoms with Crippen LogP contribution in [0.25, 0.3) is 0 Å². The van der Waals surface area contributed by atoms with Crippen molar-refractivity contribution in [2.24, 2.45) is 11.8 Å². The SMILES string of the molecule is CCC1CCC(C(OC)(OC)OC)C1. The van der Waals surface area contributed by atoms with Gasteiger partial charge in [0.05, 0.1) is 0 Å². The van der Waals surface area contributed by atoms with Crippen molar-refractivity contribution in [2.75, 3.05) is 21.3 Å². The second-order valence-corrected chi connectivity index (χ2v) is 4.00. The summed E-state index contributed by atoms with van der Waals surface area (Å²) in [6.07, 6.45) is 4.78. The first-order valence-electron chi connectivity index (χ1n) is 5.37. The topological polar surface area (TPSA) is 27.7 Å². The summed E-state index contributed by atoms with van der Waals surface area (Å²) in [5, 5.41) is 0. The molecular formula is C11H22O3. The van der Waals surface area contributed by atoms with Crippen LogP contribution in [0, 0.1) is 11.8 Å². The molecule has 0 saturated heterocycles. The summed E-state index contributed by atoms with van der Waals surface area (Å²) in [4.78, 5) is 0. The van der Waals surface area contributed by atoms with E-state index in [-0.39, 0.29) is 0 Å². The predicted molar refractivity (Wildman–Crippen MR) is 54.9 cm³/mol. The van der Waals surface area contributed by atoms with Gasteiger partial charge < -0.3 is 14.2 Å². The Kier molecular flexibility index (Phi) is 4.35. The maximum Gasteiger partial charge on any atom is 0.285 e. The van der Waals surface area contributed by atoms with Gasteiger partial charge in [-0.2, -0.15) is 0 Å². The quantitative estimate of drug-likeness (QED) is 0.641. The van der Waals surface area contributed by atoms with Gasteiger partial charge in [0.15, 0.2) is 0 Å². The molecule has 1 aliphatic carbocycles. The fourth-order valence-corrected chi connectivity index (χ4v) is 2.52. The van der Waals surface area contributed by atoms with E-state index >= 15 is 0 Å². The van der Waals surface area contributed by atoms with E-state index in [1.807, 2.05) is 0 Å². The molecule has 3 heteroatoms. The first-order chi connectivity index (χ1) is 6.72. The van der Waals surface area contributed by atoms with Crippen LogP contribution in [0.3, 0.4) is 0 Å². The third-order valence-electron chi connectivity index (χ3n) is 3.47. The van der Waals surface area contributed by atoms with Crippen LogP contribution in [0.2, 0.25) is 0 Å². The first-order valence-corrected chi connectivity index (χ1v) is 5.37. The summed E-state index contributed by atoms with van der Waals surface area (Å²) in [6.45, 7) is 2.24. The highest BCUT2D eigenvalue weighted by Gasteiger charge is 2.43. The van der Waals surface area contributed by atoms with Crippen molar-refractivity contribution in [3.8, 4) is 0 Å². The highest BCUT2D eigenvalue weighted by molar-refractivity contribution is 4.81. The maximum absolute atomic E-state index is 5.37. The van der Waals surface area contributed by atoms with E-state index < -0.39 is 5.97 Å². The van der Waals surface area contributed by atoms with E-state index in [1.54, 1.807) is 21.3 Å². The molecule has 1 rings (SSSR count). The number of hydrogen-bond donors (Lipinski definition) is 0. The molecule has 0 heterocycles. The predicted octanol–water partition coefficient (Wildman–Crippen LogP) is 2.41. The third kappa shape index (κ3) is 2.10. The lowest BCUT2D eigenvalue weighted by Crippen LogP contribution is -2.43. The molecule has 0 spiro atoms. The molecule has 0 bridgehead atoms. The van der Waals surface area contributed by atoms with Crippen molar-refractivity contribution in [1.29, 1.82) is 0 Å². The smallest absolute Gasteiger partial charge is 0.285 e. The molecule has 0 aromatic rings. The molecule has 2 unspecified atom stereocenters. The highest BCUT2D eigenvalue weighted by atomic mass is 16.9. The van der Waals surface area contributed by atoms with Crippen LogP contribution in [0.5, 0.6) is 0 Å².